The van der Waals surface area contributed by atoms with E-state index < -0.39 is 0 Å². The number of urea groups is 1. The van der Waals surface area contributed by atoms with Crippen LogP contribution in [0.15, 0.2) is 48.5 Å². The summed E-state index contributed by atoms with van der Waals surface area (Å²) in [5.41, 5.74) is 2.48. The summed E-state index contributed by atoms with van der Waals surface area (Å²) in [7, 11) is 3.95. The SMILES string of the molecule is CN(C)c1ccc(NC(=O)Nc2ccc3cc(C(=O)NC4CN5CCC4CC5)sc3c2)cc1. The number of piperidine rings is 3. The van der Waals surface area contributed by atoms with Crippen molar-refractivity contribution in [3.8, 4) is 0 Å². The molecule has 6 rings (SSSR count). The van der Waals surface area contributed by atoms with Gasteiger partial charge in [-0.05, 0) is 79.7 Å². The smallest absolute Gasteiger partial charge is 0.323 e. The van der Waals surface area contributed by atoms with Gasteiger partial charge >= 0.3 is 6.03 Å². The third-order valence-corrected chi connectivity index (χ3v) is 7.71. The number of carbonyl (C=O) groups is 2. The van der Waals surface area contributed by atoms with E-state index in [0.717, 1.165) is 41.1 Å². The second-order valence-corrected chi connectivity index (χ2v) is 10.2. The van der Waals surface area contributed by atoms with Crippen LogP contribution in [0.1, 0.15) is 22.5 Å². The van der Waals surface area contributed by atoms with E-state index >= 15 is 0 Å². The molecule has 3 saturated heterocycles. The van der Waals surface area contributed by atoms with E-state index in [1.807, 2.05) is 67.5 Å². The number of benzene rings is 2. The first-order chi connectivity index (χ1) is 15.9. The fraction of sp³-hybridized carbons (Fsp3) is 0.360. The first-order valence-electron chi connectivity index (χ1n) is 11.4. The Morgan fingerprint density at radius 1 is 0.970 bits per heavy atom. The lowest BCUT2D eigenvalue weighted by atomic mass is 9.84. The summed E-state index contributed by atoms with van der Waals surface area (Å²) in [6.45, 7) is 3.28. The topological polar surface area (TPSA) is 76.7 Å². The van der Waals surface area contributed by atoms with Gasteiger partial charge in [0.2, 0.25) is 0 Å². The van der Waals surface area contributed by atoms with Gasteiger partial charge in [0.25, 0.3) is 5.91 Å². The summed E-state index contributed by atoms with van der Waals surface area (Å²) in [5.74, 6) is 0.602. The number of thiophene rings is 1. The quantitative estimate of drug-likeness (QED) is 0.523. The number of carbonyl (C=O) groups excluding carboxylic acids is 2. The Balaban J connectivity index is 1.22. The third kappa shape index (κ3) is 4.82. The molecule has 0 aliphatic carbocycles. The van der Waals surface area contributed by atoms with Crippen molar-refractivity contribution in [3.63, 3.8) is 0 Å². The molecule has 7 nitrogen and oxygen atoms in total. The lowest BCUT2D eigenvalue weighted by molar-refractivity contribution is 0.0622. The van der Waals surface area contributed by atoms with Gasteiger partial charge in [0.1, 0.15) is 0 Å². The van der Waals surface area contributed by atoms with Crippen LogP contribution in [0.25, 0.3) is 10.1 Å². The minimum absolute atomic E-state index is 0.00312. The molecule has 2 bridgehead atoms. The molecule has 3 N–H and O–H groups in total. The zero-order chi connectivity index (χ0) is 22.9. The molecule has 33 heavy (non-hydrogen) atoms. The summed E-state index contributed by atoms with van der Waals surface area (Å²) >= 11 is 1.46. The van der Waals surface area contributed by atoms with Gasteiger partial charge in [-0.15, -0.1) is 11.3 Å². The van der Waals surface area contributed by atoms with Crippen LogP contribution < -0.4 is 20.9 Å². The Kier molecular flexibility index (Phi) is 5.95. The first-order valence-corrected chi connectivity index (χ1v) is 12.2. The van der Waals surface area contributed by atoms with Gasteiger partial charge in [-0.2, -0.15) is 0 Å². The largest absolute Gasteiger partial charge is 0.378 e. The normalized spacial score (nSPS) is 21.6. The molecule has 4 heterocycles. The monoisotopic (exact) mass is 463 g/mol. The van der Waals surface area contributed by atoms with Crippen LogP contribution in [0.4, 0.5) is 21.9 Å². The van der Waals surface area contributed by atoms with E-state index in [4.69, 9.17) is 0 Å². The minimum Gasteiger partial charge on any atom is -0.378 e. The summed E-state index contributed by atoms with van der Waals surface area (Å²) in [6.07, 6.45) is 2.35. The number of nitrogens with zero attached hydrogens (tertiary/aromatic N) is 2. The average Bonchev–Trinajstić information content (AvgIpc) is 3.24. The van der Waals surface area contributed by atoms with Crippen LogP contribution in [0.2, 0.25) is 0 Å². The molecule has 2 aromatic carbocycles. The second kappa shape index (κ2) is 9.03. The third-order valence-electron chi connectivity index (χ3n) is 6.62. The van der Waals surface area contributed by atoms with Gasteiger partial charge in [0.15, 0.2) is 0 Å². The van der Waals surface area contributed by atoms with Crippen LogP contribution in [-0.2, 0) is 0 Å². The number of hydrogen-bond acceptors (Lipinski definition) is 5. The highest BCUT2D eigenvalue weighted by Gasteiger charge is 2.35. The van der Waals surface area contributed by atoms with Crippen molar-refractivity contribution < 1.29 is 9.59 Å². The number of fused-ring (bicyclic) bond motifs is 4. The molecule has 3 aliphatic rings. The minimum atomic E-state index is -0.302. The molecule has 172 valence electrons. The molecule has 1 unspecified atom stereocenters. The molecular weight excluding hydrogens is 434 g/mol. The fourth-order valence-electron chi connectivity index (χ4n) is 4.73. The predicted octanol–water partition coefficient (Wildman–Crippen LogP) is 4.44. The number of rotatable bonds is 5. The van der Waals surface area contributed by atoms with Crippen LogP contribution in [0.3, 0.4) is 0 Å². The molecular formula is C25H29N5O2S. The lowest BCUT2D eigenvalue weighted by Crippen LogP contribution is -2.57. The number of nitrogens with one attached hydrogen (secondary N) is 3. The van der Waals surface area contributed by atoms with Crippen molar-refractivity contribution in [2.45, 2.75) is 18.9 Å². The Morgan fingerprint density at radius 2 is 1.67 bits per heavy atom. The molecule has 0 spiro atoms. The van der Waals surface area contributed by atoms with E-state index in [1.165, 1.54) is 24.2 Å². The zero-order valence-corrected chi connectivity index (χ0v) is 19.7. The maximum atomic E-state index is 12.9. The van der Waals surface area contributed by atoms with Crippen LogP contribution >= 0.6 is 11.3 Å². The molecule has 0 saturated carbocycles. The van der Waals surface area contributed by atoms with Crippen molar-refractivity contribution in [2.24, 2.45) is 5.92 Å². The van der Waals surface area contributed by atoms with Crippen molar-refractivity contribution >= 4 is 50.4 Å². The van der Waals surface area contributed by atoms with E-state index in [1.54, 1.807) is 0 Å². The Bertz CT molecular complexity index is 1170. The van der Waals surface area contributed by atoms with Crippen molar-refractivity contribution in [2.75, 3.05) is 49.3 Å². The maximum Gasteiger partial charge on any atom is 0.323 e. The van der Waals surface area contributed by atoms with Crippen molar-refractivity contribution in [1.29, 1.82) is 0 Å². The van der Waals surface area contributed by atoms with E-state index in [0.29, 0.717) is 16.5 Å². The summed E-state index contributed by atoms with van der Waals surface area (Å²) in [5, 5.41) is 10.00. The zero-order valence-electron chi connectivity index (χ0n) is 18.9. The molecule has 3 fully saturated rings. The van der Waals surface area contributed by atoms with Crippen LogP contribution in [-0.4, -0.2) is 56.6 Å². The lowest BCUT2D eigenvalue weighted by Gasteiger charge is -2.44. The second-order valence-electron chi connectivity index (χ2n) is 9.10. The molecule has 3 amide bonds. The van der Waals surface area contributed by atoms with Gasteiger partial charge in [0, 0.05) is 48.4 Å². The first kappa shape index (κ1) is 21.7. The van der Waals surface area contributed by atoms with Gasteiger partial charge in [-0.1, -0.05) is 6.07 Å². The highest BCUT2D eigenvalue weighted by Crippen LogP contribution is 2.31. The van der Waals surface area contributed by atoms with E-state index in [9.17, 15) is 9.59 Å². The maximum absolute atomic E-state index is 12.9. The van der Waals surface area contributed by atoms with Crippen LogP contribution in [0, 0.1) is 5.92 Å². The number of anilines is 3. The van der Waals surface area contributed by atoms with Crippen molar-refractivity contribution in [1.82, 2.24) is 10.2 Å². The van der Waals surface area contributed by atoms with Crippen molar-refractivity contribution in [3.05, 3.63) is 53.4 Å². The van der Waals surface area contributed by atoms with Gasteiger partial charge in [0.05, 0.1) is 4.88 Å². The molecule has 8 heteroatoms. The molecule has 3 aromatic rings. The van der Waals surface area contributed by atoms with E-state index in [-0.39, 0.29) is 18.0 Å². The Hall–Kier alpha value is -3.10. The highest BCUT2D eigenvalue weighted by molar-refractivity contribution is 7.20. The molecule has 3 aliphatic heterocycles. The fourth-order valence-corrected chi connectivity index (χ4v) is 5.73. The molecule has 0 radical (unpaired) electrons. The van der Waals surface area contributed by atoms with Gasteiger partial charge in [-0.3, -0.25) is 4.79 Å². The predicted molar refractivity (Wildman–Crippen MR) is 136 cm³/mol. The number of amides is 3. The Morgan fingerprint density at radius 3 is 2.33 bits per heavy atom. The summed E-state index contributed by atoms with van der Waals surface area (Å²) in [6, 6.07) is 15.3. The summed E-state index contributed by atoms with van der Waals surface area (Å²) in [4.78, 5) is 30.5. The highest BCUT2D eigenvalue weighted by atomic mass is 32.1. The Labute approximate surface area is 197 Å². The number of hydrogen-bond donors (Lipinski definition) is 3. The standard InChI is InChI=1S/C25H29N5O2S/c1-29(2)20-7-5-18(6-8-20)26-25(32)27-19-4-3-17-13-23(33-22(17)14-19)24(31)28-21-15-30-11-9-16(21)10-12-30/h3-8,13-14,16,21H,9-12,15H2,1-2H3,(H,28,31)(H2,26,27,32). The summed E-state index contributed by atoms with van der Waals surface area (Å²) < 4.78 is 0.974. The van der Waals surface area contributed by atoms with Gasteiger partial charge in [-0.25, -0.2) is 4.79 Å². The van der Waals surface area contributed by atoms with Gasteiger partial charge < -0.3 is 25.8 Å². The average molecular weight is 464 g/mol. The van der Waals surface area contributed by atoms with Crippen LogP contribution in [0.5, 0.6) is 0 Å². The molecule has 1 aromatic heterocycles. The van der Waals surface area contributed by atoms with E-state index in [2.05, 4.69) is 20.9 Å². The molecule has 1 atom stereocenters.